The molecule has 9 nitrogen and oxygen atoms in total. The summed E-state index contributed by atoms with van der Waals surface area (Å²) in [5.74, 6) is -0.606. The number of methoxy groups -OCH3 is 1. The number of rotatable bonds is 8. The molecule has 0 amide bonds. The predicted molar refractivity (Wildman–Crippen MR) is 98.3 cm³/mol. The maximum Gasteiger partial charge on any atom is 0.379 e. The molecule has 0 saturated carbocycles. The molecule has 0 unspecified atom stereocenters. The molecular formula is C19H20F2N2O7. The van der Waals surface area contributed by atoms with Crippen molar-refractivity contribution in [2.45, 2.75) is 31.0 Å². The zero-order chi connectivity index (χ0) is 21.7. The van der Waals surface area contributed by atoms with Crippen molar-refractivity contribution >= 4 is 5.97 Å². The SMILES string of the molecule is COCC(F)(F)O[C@@H]1C[C@@H](COC(=O)c2ccccc2)O[C@H]1n1ccc(=O)[nH]c1=O. The Morgan fingerprint density at radius 1 is 1.27 bits per heavy atom. The van der Waals surface area contributed by atoms with E-state index in [1.165, 1.54) is 0 Å². The van der Waals surface area contributed by atoms with E-state index in [4.69, 9.17) is 14.2 Å². The van der Waals surface area contributed by atoms with Crippen LogP contribution in [0.1, 0.15) is 23.0 Å². The number of esters is 1. The molecule has 162 valence electrons. The second kappa shape index (κ2) is 9.28. The van der Waals surface area contributed by atoms with Crippen LogP contribution >= 0.6 is 0 Å². The van der Waals surface area contributed by atoms with E-state index in [-0.39, 0.29) is 13.0 Å². The Bertz CT molecular complexity index is 977. The molecule has 0 spiro atoms. The van der Waals surface area contributed by atoms with Crippen molar-refractivity contribution in [1.29, 1.82) is 0 Å². The van der Waals surface area contributed by atoms with Crippen LogP contribution < -0.4 is 11.2 Å². The van der Waals surface area contributed by atoms with Crippen LogP contribution in [0.3, 0.4) is 0 Å². The summed E-state index contributed by atoms with van der Waals surface area (Å²) in [6.45, 7) is -1.23. The molecule has 1 aliphatic rings. The number of aromatic amines is 1. The summed E-state index contributed by atoms with van der Waals surface area (Å²) in [7, 11) is 1.10. The smallest absolute Gasteiger partial charge is 0.379 e. The lowest BCUT2D eigenvalue weighted by atomic mass is 10.2. The van der Waals surface area contributed by atoms with E-state index in [1.54, 1.807) is 30.3 Å². The number of carbonyl (C=O) groups excluding carboxylic acids is 1. The van der Waals surface area contributed by atoms with Crippen molar-refractivity contribution in [3.63, 3.8) is 0 Å². The second-order valence-corrected chi connectivity index (χ2v) is 6.59. The van der Waals surface area contributed by atoms with Crippen molar-refractivity contribution in [2.75, 3.05) is 20.3 Å². The van der Waals surface area contributed by atoms with Gasteiger partial charge in [-0.05, 0) is 12.1 Å². The molecule has 30 heavy (non-hydrogen) atoms. The number of nitrogens with zero attached hydrogens (tertiary/aromatic N) is 1. The maximum atomic E-state index is 14.0. The van der Waals surface area contributed by atoms with Crippen molar-refractivity contribution in [1.82, 2.24) is 9.55 Å². The Balaban J connectivity index is 1.74. The first-order chi connectivity index (χ1) is 14.3. The standard InChI is InChI=1S/C19H20F2N2O7/c1-27-11-19(20,21)30-14-9-13(10-28-17(25)12-5-3-2-4-6-12)29-16(14)23-8-7-15(24)22-18(23)26/h2-8,13-14,16H,9-11H2,1H3,(H,22,24,26)/t13-,14+,16+/m0/s1. The Labute approximate surface area is 169 Å². The van der Waals surface area contributed by atoms with Crippen molar-refractivity contribution < 1.29 is 32.5 Å². The Morgan fingerprint density at radius 3 is 2.67 bits per heavy atom. The van der Waals surface area contributed by atoms with Crippen LogP contribution in [0.5, 0.6) is 0 Å². The minimum Gasteiger partial charge on any atom is -0.459 e. The van der Waals surface area contributed by atoms with Crippen LogP contribution in [0.4, 0.5) is 8.78 Å². The van der Waals surface area contributed by atoms with Gasteiger partial charge in [-0.2, -0.15) is 8.78 Å². The van der Waals surface area contributed by atoms with Gasteiger partial charge in [-0.1, -0.05) is 18.2 Å². The molecule has 0 aliphatic carbocycles. The lowest BCUT2D eigenvalue weighted by molar-refractivity contribution is -0.292. The number of benzene rings is 1. The number of aromatic nitrogens is 2. The highest BCUT2D eigenvalue weighted by Gasteiger charge is 2.44. The van der Waals surface area contributed by atoms with Gasteiger partial charge in [0.2, 0.25) is 0 Å². The number of alkyl halides is 2. The number of nitrogens with one attached hydrogen (secondary N) is 1. The lowest BCUT2D eigenvalue weighted by Crippen LogP contribution is -2.39. The van der Waals surface area contributed by atoms with E-state index in [0.717, 1.165) is 23.9 Å². The maximum absolute atomic E-state index is 14.0. The minimum absolute atomic E-state index is 0.0857. The summed E-state index contributed by atoms with van der Waals surface area (Å²) in [5.41, 5.74) is -1.17. The van der Waals surface area contributed by atoms with Crippen molar-refractivity contribution in [2.24, 2.45) is 0 Å². The van der Waals surface area contributed by atoms with Gasteiger partial charge in [-0.3, -0.25) is 14.3 Å². The molecule has 3 atom stereocenters. The number of hydrogen-bond donors (Lipinski definition) is 1. The van der Waals surface area contributed by atoms with Crippen molar-refractivity contribution in [3.05, 3.63) is 69.0 Å². The summed E-state index contributed by atoms with van der Waals surface area (Å²) < 4.78 is 49.0. The molecule has 11 heteroatoms. The monoisotopic (exact) mass is 426 g/mol. The van der Waals surface area contributed by atoms with Crippen LogP contribution in [0.2, 0.25) is 0 Å². The van der Waals surface area contributed by atoms with E-state index in [9.17, 15) is 23.2 Å². The molecule has 2 heterocycles. The average molecular weight is 426 g/mol. The Kier molecular flexibility index (Phi) is 6.75. The third-order valence-corrected chi connectivity index (χ3v) is 4.32. The quantitative estimate of drug-likeness (QED) is 0.634. The summed E-state index contributed by atoms with van der Waals surface area (Å²) in [6, 6.07) is 9.27. The molecule has 1 aliphatic heterocycles. The predicted octanol–water partition coefficient (Wildman–Crippen LogP) is 1.31. The summed E-state index contributed by atoms with van der Waals surface area (Å²) in [4.78, 5) is 37.5. The molecule has 1 aromatic carbocycles. The topological polar surface area (TPSA) is 109 Å². The van der Waals surface area contributed by atoms with Gasteiger partial charge in [-0.25, -0.2) is 9.59 Å². The minimum atomic E-state index is -3.64. The highest BCUT2D eigenvalue weighted by atomic mass is 19.3. The number of carbonyl (C=O) groups is 1. The molecule has 1 fully saturated rings. The molecule has 2 aromatic rings. The number of hydrogen-bond acceptors (Lipinski definition) is 7. The normalized spacial score (nSPS) is 21.5. The van der Waals surface area contributed by atoms with Gasteiger partial charge in [0.25, 0.3) is 5.56 Å². The first-order valence-electron chi connectivity index (χ1n) is 9.03. The van der Waals surface area contributed by atoms with E-state index >= 15 is 0 Å². The van der Waals surface area contributed by atoms with E-state index in [2.05, 4.69) is 4.74 Å². The highest BCUT2D eigenvalue weighted by Crippen LogP contribution is 2.34. The molecule has 1 aromatic heterocycles. The summed E-state index contributed by atoms with van der Waals surface area (Å²) >= 11 is 0. The van der Waals surface area contributed by atoms with Gasteiger partial charge in [0.1, 0.15) is 19.3 Å². The third kappa shape index (κ3) is 5.38. The molecular weight excluding hydrogens is 406 g/mol. The van der Waals surface area contributed by atoms with Gasteiger partial charge in [0.05, 0.1) is 11.7 Å². The fraction of sp³-hybridized carbons (Fsp3) is 0.421. The average Bonchev–Trinajstić information content (AvgIpc) is 3.08. The van der Waals surface area contributed by atoms with E-state index in [0.29, 0.717) is 5.56 Å². The molecule has 3 rings (SSSR count). The Morgan fingerprint density at radius 2 is 2.00 bits per heavy atom. The fourth-order valence-corrected chi connectivity index (χ4v) is 3.05. The van der Waals surface area contributed by atoms with Gasteiger partial charge in [-0.15, -0.1) is 0 Å². The fourth-order valence-electron chi connectivity index (χ4n) is 3.05. The summed E-state index contributed by atoms with van der Waals surface area (Å²) in [5, 5.41) is 0. The van der Waals surface area contributed by atoms with Gasteiger partial charge in [0, 0.05) is 25.8 Å². The third-order valence-electron chi connectivity index (χ3n) is 4.32. The van der Waals surface area contributed by atoms with Crippen LogP contribution in [0.15, 0.2) is 52.2 Å². The molecule has 1 saturated heterocycles. The van der Waals surface area contributed by atoms with Crippen LogP contribution in [0.25, 0.3) is 0 Å². The number of halogens is 2. The van der Waals surface area contributed by atoms with Crippen LogP contribution in [0, 0.1) is 0 Å². The Hall–Kier alpha value is -2.89. The lowest BCUT2D eigenvalue weighted by Gasteiger charge is -2.25. The van der Waals surface area contributed by atoms with E-state index < -0.39 is 48.4 Å². The largest absolute Gasteiger partial charge is 0.459 e. The van der Waals surface area contributed by atoms with Crippen LogP contribution in [-0.2, 0) is 18.9 Å². The molecule has 1 N–H and O–H groups in total. The van der Waals surface area contributed by atoms with Gasteiger partial charge >= 0.3 is 17.8 Å². The number of H-pyrrole nitrogens is 1. The van der Waals surface area contributed by atoms with Crippen molar-refractivity contribution in [3.8, 4) is 0 Å². The number of ether oxygens (including phenoxy) is 4. The zero-order valence-electron chi connectivity index (χ0n) is 16.0. The van der Waals surface area contributed by atoms with Crippen LogP contribution in [-0.4, -0.2) is 54.2 Å². The molecule has 0 radical (unpaired) electrons. The molecule has 0 bridgehead atoms. The highest BCUT2D eigenvalue weighted by molar-refractivity contribution is 5.89. The van der Waals surface area contributed by atoms with Gasteiger partial charge < -0.3 is 18.9 Å². The zero-order valence-corrected chi connectivity index (χ0v) is 16.0. The summed E-state index contributed by atoms with van der Waals surface area (Å²) in [6.07, 6.45) is -5.95. The second-order valence-electron chi connectivity index (χ2n) is 6.59. The first kappa shape index (κ1) is 21.8. The first-order valence-corrected chi connectivity index (χ1v) is 9.03. The van der Waals surface area contributed by atoms with E-state index in [1.807, 2.05) is 4.98 Å². The van der Waals surface area contributed by atoms with Gasteiger partial charge in [0.15, 0.2) is 6.23 Å².